The fourth-order valence-corrected chi connectivity index (χ4v) is 2.01. The van der Waals surface area contributed by atoms with Crippen LogP contribution in [0.25, 0.3) is 0 Å². The second-order valence-electron chi connectivity index (χ2n) is 4.59. The molecule has 8 heteroatoms. The van der Waals surface area contributed by atoms with Crippen LogP contribution >= 0.6 is 11.6 Å². The number of hydrazone groups is 1. The maximum Gasteiger partial charge on any atom is 0.273 e. The number of nitro groups is 1. The van der Waals surface area contributed by atoms with Crippen molar-refractivity contribution in [2.24, 2.45) is 5.10 Å². The summed E-state index contributed by atoms with van der Waals surface area (Å²) in [5.41, 5.74) is 2.54. The van der Waals surface area contributed by atoms with Crippen molar-refractivity contribution < 1.29 is 14.1 Å². The first-order valence-corrected chi connectivity index (χ1v) is 6.80. The van der Waals surface area contributed by atoms with Crippen molar-refractivity contribution in [1.29, 1.82) is 0 Å². The third kappa shape index (κ3) is 3.89. The summed E-state index contributed by atoms with van der Waals surface area (Å²) in [6, 6.07) is 8.18. The van der Waals surface area contributed by atoms with E-state index in [4.69, 9.17) is 11.6 Å². The zero-order valence-corrected chi connectivity index (χ0v) is 12.7. The molecule has 118 valence electrons. The van der Waals surface area contributed by atoms with Gasteiger partial charge in [0.1, 0.15) is 5.82 Å². The number of carbonyl (C=O) groups is 1. The minimum Gasteiger partial charge on any atom is -0.267 e. The van der Waals surface area contributed by atoms with Crippen molar-refractivity contribution in [3.05, 3.63) is 74.0 Å². The number of amides is 1. The summed E-state index contributed by atoms with van der Waals surface area (Å²) in [5, 5.41) is 14.6. The molecule has 0 saturated heterocycles. The van der Waals surface area contributed by atoms with E-state index in [1.54, 1.807) is 6.92 Å². The van der Waals surface area contributed by atoms with E-state index in [-0.39, 0.29) is 21.8 Å². The molecule has 6 nitrogen and oxygen atoms in total. The number of nitro benzene ring substituents is 1. The Bertz CT molecular complexity index is 788. The summed E-state index contributed by atoms with van der Waals surface area (Å²) in [4.78, 5) is 22.2. The van der Waals surface area contributed by atoms with Crippen LogP contribution in [0.4, 0.5) is 10.1 Å². The number of nitrogens with one attached hydrogen (secondary N) is 1. The smallest absolute Gasteiger partial charge is 0.267 e. The number of nitrogens with zero attached hydrogens (tertiary/aromatic N) is 2. The Morgan fingerprint density at radius 1 is 1.39 bits per heavy atom. The molecule has 0 atom stereocenters. The lowest BCUT2D eigenvalue weighted by atomic mass is 10.1. The number of aryl methyl sites for hydroxylation is 1. The van der Waals surface area contributed by atoms with Gasteiger partial charge in [-0.15, -0.1) is 0 Å². The number of hydrogen-bond acceptors (Lipinski definition) is 4. The molecule has 0 unspecified atom stereocenters. The van der Waals surface area contributed by atoms with Crippen molar-refractivity contribution >= 4 is 29.4 Å². The van der Waals surface area contributed by atoms with Crippen LogP contribution in [0.15, 0.2) is 41.5 Å². The second-order valence-corrected chi connectivity index (χ2v) is 5.00. The lowest BCUT2D eigenvalue weighted by molar-refractivity contribution is -0.385. The predicted molar refractivity (Wildman–Crippen MR) is 84.3 cm³/mol. The first-order chi connectivity index (χ1) is 10.9. The fraction of sp³-hybridized carbons (Fsp3) is 0.0667. The third-order valence-electron chi connectivity index (χ3n) is 3.03. The second kappa shape index (κ2) is 6.97. The highest BCUT2D eigenvalue weighted by Crippen LogP contribution is 2.19. The zero-order chi connectivity index (χ0) is 17.0. The minimum absolute atomic E-state index is 0.0318. The van der Waals surface area contributed by atoms with Crippen LogP contribution in [0.1, 0.15) is 21.5 Å². The van der Waals surface area contributed by atoms with Crippen molar-refractivity contribution in [2.75, 3.05) is 0 Å². The van der Waals surface area contributed by atoms with E-state index >= 15 is 0 Å². The lowest BCUT2D eigenvalue weighted by Crippen LogP contribution is -2.18. The first kappa shape index (κ1) is 16.6. The van der Waals surface area contributed by atoms with Crippen LogP contribution in [0, 0.1) is 22.9 Å². The van der Waals surface area contributed by atoms with E-state index in [9.17, 15) is 19.3 Å². The van der Waals surface area contributed by atoms with E-state index in [1.807, 2.05) is 0 Å². The lowest BCUT2D eigenvalue weighted by Gasteiger charge is -2.02. The predicted octanol–water partition coefficient (Wildman–Crippen LogP) is 3.46. The average Bonchev–Trinajstić information content (AvgIpc) is 2.50. The van der Waals surface area contributed by atoms with Gasteiger partial charge in [-0.25, -0.2) is 9.82 Å². The standard InChI is InChI=1S/C15H11ClFN3O3/c1-9-5-6-10(7-14(9)20(22)23)15(21)19-18-8-11-12(16)3-2-4-13(11)17/h2-8H,1H3,(H,19,21)/b18-8-. The normalized spacial score (nSPS) is 10.7. The fourth-order valence-electron chi connectivity index (χ4n) is 1.80. The van der Waals surface area contributed by atoms with Crippen molar-refractivity contribution in [3.8, 4) is 0 Å². The van der Waals surface area contributed by atoms with Gasteiger partial charge < -0.3 is 0 Å². The number of benzene rings is 2. The highest BCUT2D eigenvalue weighted by molar-refractivity contribution is 6.33. The largest absolute Gasteiger partial charge is 0.273 e. The molecular formula is C15H11ClFN3O3. The molecule has 0 saturated carbocycles. The van der Waals surface area contributed by atoms with Crippen molar-refractivity contribution in [1.82, 2.24) is 5.43 Å². The molecule has 0 bridgehead atoms. The molecule has 2 rings (SSSR count). The van der Waals surface area contributed by atoms with Gasteiger partial charge in [-0.05, 0) is 25.1 Å². The van der Waals surface area contributed by atoms with Gasteiger partial charge in [0.2, 0.25) is 0 Å². The Labute approximate surface area is 135 Å². The topological polar surface area (TPSA) is 84.6 Å². The van der Waals surface area contributed by atoms with Gasteiger partial charge in [0.15, 0.2) is 0 Å². The van der Waals surface area contributed by atoms with Crippen LogP contribution in [-0.2, 0) is 0 Å². The monoisotopic (exact) mass is 335 g/mol. The number of rotatable bonds is 4. The zero-order valence-electron chi connectivity index (χ0n) is 11.9. The van der Waals surface area contributed by atoms with Gasteiger partial charge in [-0.1, -0.05) is 23.7 Å². The van der Waals surface area contributed by atoms with Gasteiger partial charge in [0, 0.05) is 22.8 Å². The SMILES string of the molecule is Cc1ccc(C(=O)N/N=C\c2c(F)cccc2Cl)cc1[N+](=O)[O-]. The van der Waals surface area contributed by atoms with Crippen LogP contribution in [0.5, 0.6) is 0 Å². The number of halogens is 2. The molecule has 1 amide bonds. The van der Waals surface area contributed by atoms with Crippen LogP contribution in [0.2, 0.25) is 5.02 Å². The Kier molecular flexibility index (Phi) is 5.02. The summed E-state index contributed by atoms with van der Waals surface area (Å²) in [6.45, 7) is 1.57. The maximum atomic E-state index is 13.5. The van der Waals surface area contributed by atoms with Crippen molar-refractivity contribution in [3.63, 3.8) is 0 Å². The molecule has 0 aromatic heterocycles. The number of carbonyl (C=O) groups excluding carboxylic acids is 1. The van der Waals surface area contributed by atoms with E-state index in [2.05, 4.69) is 10.5 Å². The molecule has 2 aromatic rings. The van der Waals surface area contributed by atoms with E-state index in [1.165, 1.54) is 30.3 Å². The molecule has 0 aliphatic carbocycles. The average molecular weight is 336 g/mol. The molecule has 0 heterocycles. The van der Waals surface area contributed by atoms with Gasteiger partial charge in [0.05, 0.1) is 16.2 Å². The molecule has 2 aromatic carbocycles. The molecule has 23 heavy (non-hydrogen) atoms. The summed E-state index contributed by atoms with van der Waals surface area (Å²) in [7, 11) is 0. The molecule has 1 N–H and O–H groups in total. The maximum absolute atomic E-state index is 13.5. The highest BCUT2D eigenvalue weighted by Gasteiger charge is 2.14. The highest BCUT2D eigenvalue weighted by atomic mass is 35.5. The van der Waals surface area contributed by atoms with Crippen LogP contribution < -0.4 is 5.43 Å². The minimum atomic E-state index is -0.656. The van der Waals surface area contributed by atoms with E-state index in [0.717, 1.165) is 12.3 Å². The van der Waals surface area contributed by atoms with Gasteiger partial charge in [0.25, 0.3) is 11.6 Å². The Hall–Kier alpha value is -2.80. The summed E-state index contributed by atoms with van der Waals surface area (Å²) in [5.74, 6) is -1.24. The summed E-state index contributed by atoms with van der Waals surface area (Å²) >= 11 is 5.82. The Morgan fingerprint density at radius 2 is 2.13 bits per heavy atom. The Morgan fingerprint density at radius 3 is 2.78 bits per heavy atom. The number of hydrogen-bond donors (Lipinski definition) is 1. The first-order valence-electron chi connectivity index (χ1n) is 6.42. The molecular weight excluding hydrogens is 325 g/mol. The molecule has 0 aliphatic heterocycles. The summed E-state index contributed by atoms with van der Waals surface area (Å²) < 4.78 is 13.5. The van der Waals surface area contributed by atoms with Gasteiger partial charge in [-0.2, -0.15) is 5.10 Å². The molecule has 0 spiro atoms. The van der Waals surface area contributed by atoms with Gasteiger partial charge >= 0.3 is 0 Å². The molecule has 0 fully saturated rings. The van der Waals surface area contributed by atoms with Crippen molar-refractivity contribution in [2.45, 2.75) is 6.92 Å². The quantitative estimate of drug-likeness (QED) is 0.527. The Balaban J connectivity index is 2.15. The van der Waals surface area contributed by atoms with E-state index < -0.39 is 16.6 Å². The molecule has 0 aliphatic rings. The molecule has 0 radical (unpaired) electrons. The van der Waals surface area contributed by atoms with Crippen LogP contribution in [0.3, 0.4) is 0 Å². The third-order valence-corrected chi connectivity index (χ3v) is 3.36. The van der Waals surface area contributed by atoms with E-state index in [0.29, 0.717) is 5.56 Å². The van der Waals surface area contributed by atoms with Gasteiger partial charge in [-0.3, -0.25) is 14.9 Å². The van der Waals surface area contributed by atoms with Crippen LogP contribution in [-0.4, -0.2) is 17.0 Å². The summed E-state index contributed by atoms with van der Waals surface area (Å²) in [6.07, 6.45) is 1.07.